The van der Waals surface area contributed by atoms with E-state index in [1.54, 1.807) is 17.1 Å². The van der Waals surface area contributed by atoms with Crippen LogP contribution in [0.3, 0.4) is 0 Å². The molecule has 1 rings (SSSR count). The summed E-state index contributed by atoms with van der Waals surface area (Å²) in [6.07, 6.45) is 3.46. The van der Waals surface area contributed by atoms with E-state index in [1.807, 2.05) is 0 Å². The zero-order chi connectivity index (χ0) is 11.1. The first-order valence-corrected chi connectivity index (χ1v) is 6.45. The molecule has 6 nitrogen and oxygen atoms in total. The van der Waals surface area contributed by atoms with Gasteiger partial charge < -0.3 is 10.4 Å². The van der Waals surface area contributed by atoms with Crippen LogP contribution in [0.2, 0.25) is 0 Å². The normalized spacial score (nSPS) is 12.9. The Morgan fingerprint density at radius 3 is 3.13 bits per heavy atom. The quantitative estimate of drug-likeness (QED) is 0.574. The van der Waals surface area contributed by atoms with Gasteiger partial charge in [-0.1, -0.05) is 5.21 Å². The van der Waals surface area contributed by atoms with Crippen molar-refractivity contribution in [2.24, 2.45) is 0 Å². The van der Waals surface area contributed by atoms with Crippen LogP contribution in [0.15, 0.2) is 6.20 Å². The van der Waals surface area contributed by atoms with E-state index in [0.717, 1.165) is 5.69 Å². The summed E-state index contributed by atoms with van der Waals surface area (Å²) in [6, 6.07) is 0. The summed E-state index contributed by atoms with van der Waals surface area (Å²) in [4.78, 5) is 0. The molecule has 0 saturated carbocycles. The van der Waals surface area contributed by atoms with Crippen LogP contribution in [0.25, 0.3) is 0 Å². The van der Waals surface area contributed by atoms with Crippen molar-refractivity contribution in [1.82, 2.24) is 20.3 Å². The Morgan fingerprint density at radius 2 is 2.47 bits per heavy atom. The number of hydrogen-bond donors (Lipinski definition) is 2. The maximum absolute atomic E-state index is 10.8. The van der Waals surface area contributed by atoms with Crippen LogP contribution in [0.4, 0.5) is 0 Å². The first kappa shape index (κ1) is 12.3. The van der Waals surface area contributed by atoms with Crippen molar-refractivity contribution in [3.05, 3.63) is 11.9 Å². The van der Waals surface area contributed by atoms with Gasteiger partial charge >= 0.3 is 0 Å². The highest BCUT2D eigenvalue weighted by atomic mass is 32.2. The molecule has 0 radical (unpaired) electrons. The molecule has 0 aromatic carbocycles. The van der Waals surface area contributed by atoms with E-state index in [9.17, 15) is 4.21 Å². The fourth-order valence-corrected chi connectivity index (χ4v) is 1.50. The second-order valence-corrected chi connectivity index (χ2v) is 4.71. The van der Waals surface area contributed by atoms with Crippen LogP contribution in [0, 0.1) is 0 Å². The lowest BCUT2D eigenvalue weighted by atomic mass is 10.4. The van der Waals surface area contributed by atoms with Crippen molar-refractivity contribution >= 4 is 10.8 Å². The first-order valence-electron chi connectivity index (χ1n) is 4.73. The lowest BCUT2D eigenvalue weighted by Crippen LogP contribution is -2.19. The Hall–Kier alpha value is -0.790. The molecule has 0 amide bonds. The standard InChI is InChI=1S/C8H16N4O2S/c1-15(14)5-2-9-6-8-7-12(3-4-13)11-10-8/h7,9,13H,2-6H2,1H3. The third-order valence-corrected chi connectivity index (χ3v) is 2.57. The minimum Gasteiger partial charge on any atom is -0.394 e. The molecule has 1 heterocycles. The summed E-state index contributed by atoms with van der Waals surface area (Å²) >= 11 is 0. The minimum atomic E-state index is -0.758. The Bertz CT molecular complexity index is 315. The largest absolute Gasteiger partial charge is 0.394 e. The summed E-state index contributed by atoms with van der Waals surface area (Å²) in [6.45, 7) is 1.84. The summed E-state index contributed by atoms with van der Waals surface area (Å²) in [5, 5.41) is 19.5. The van der Waals surface area contributed by atoms with Crippen LogP contribution >= 0.6 is 0 Å². The summed E-state index contributed by atoms with van der Waals surface area (Å²) < 4.78 is 12.3. The SMILES string of the molecule is CS(=O)CCNCc1cn(CCO)nn1. The predicted molar refractivity (Wildman–Crippen MR) is 57.7 cm³/mol. The van der Waals surface area contributed by atoms with Gasteiger partial charge in [0.25, 0.3) is 0 Å². The van der Waals surface area contributed by atoms with E-state index >= 15 is 0 Å². The molecule has 0 saturated heterocycles. The van der Waals surface area contributed by atoms with E-state index in [1.165, 1.54) is 0 Å². The molecular weight excluding hydrogens is 216 g/mol. The molecule has 7 heteroatoms. The van der Waals surface area contributed by atoms with E-state index in [0.29, 0.717) is 25.4 Å². The van der Waals surface area contributed by atoms with Gasteiger partial charge in [-0.2, -0.15) is 0 Å². The van der Waals surface area contributed by atoms with Gasteiger partial charge in [0.1, 0.15) is 0 Å². The fraction of sp³-hybridized carbons (Fsp3) is 0.750. The zero-order valence-corrected chi connectivity index (χ0v) is 9.53. The second kappa shape index (κ2) is 6.65. The van der Waals surface area contributed by atoms with E-state index in [2.05, 4.69) is 15.6 Å². The molecular formula is C8H16N4O2S. The molecule has 0 bridgehead atoms. The highest BCUT2D eigenvalue weighted by Gasteiger charge is 1.99. The molecule has 0 aliphatic rings. The number of aliphatic hydroxyl groups is 1. The van der Waals surface area contributed by atoms with Gasteiger partial charge in [0.2, 0.25) is 0 Å². The number of nitrogens with one attached hydrogen (secondary N) is 1. The molecule has 15 heavy (non-hydrogen) atoms. The van der Waals surface area contributed by atoms with Gasteiger partial charge in [-0.15, -0.1) is 5.10 Å². The fourth-order valence-electron chi connectivity index (χ4n) is 1.06. The third kappa shape index (κ3) is 5.01. The number of aromatic nitrogens is 3. The van der Waals surface area contributed by atoms with Crippen LogP contribution in [-0.4, -0.2) is 49.5 Å². The Balaban J connectivity index is 2.22. The Labute approximate surface area is 91.1 Å². The molecule has 86 valence electrons. The second-order valence-electron chi connectivity index (χ2n) is 3.15. The molecule has 0 aliphatic heterocycles. The van der Waals surface area contributed by atoms with Crippen LogP contribution in [0.5, 0.6) is 0 Å². The van der Waals surface area contributed by atoms with Gasteiger partial charge in [0, 0.05) is 42.1 Å². The first-order chi connectivity index (χ1) is 7.22. The van der Waals surface area contributed by atoms with Gasteiger partial charge in [-0.25, -0.2) is 4.68 Å². The monoisotopic (exact) mass is 232 g/mol. The van der Waals surface area contributed by atoms with Gasteiger partial charge in [-0.05, 0) is 0 Å². The summed E-state index contributed by atoms with van der Waals surface area (Å²) in [7, 11) is -0.758. The highest BCUT2D eigenvalue weighted by Crippen LogP contribution is 1.91. The topological polar surface area (TPSA) is 80.0 Å². The highest BCUT2D eigenvalue weighted by molar-refractivity contribution is 7.84. The van der Waals surface area contributed by atoms with Gasteiger partial charge in [0.15, 0.2) is 0 Å². The minimum absolute atomic E-state index is 0.0606. The average molecular weight is 232 g/mol. The van der Waals surface area contributed by atoms with Gasteiger partial charge in [0.05, 0.1) is 18.8 Å². The Morgan fingerprint density at radius 1 is 1.67 bits per heavy atom. The molecule has 1 atom stereocenters. The maximum Gasteiger partial charge on any atom is 0.0964 e. The van der Waals surface area contributed by atoms with Crippen molar-refractivity contribution < 1.29 is 9.32 Å². The number of hydrogen-bond acceptors (Lipinski definition) is 5. The third-order valence-electron chi connectivity index (χ3n) is 1.79. The molecule has 0 aliphatic carbocycles. The predicted octanol–water partition coefficient (Wildman–Crippen LogP) is -1.26. The molecule has 1 unspecified atom stereocenters. The van der Waals surface area contributed by atoms with Crippen molar-refractivity contribution in [3.8, 4) is 0 Å². The van der Waals surface area contributed by atoms with E-state index in [-0.39, 0.29) is 6.61 Å². The molecule has 0 spiro atoms. The van der Waals surface area contributed by atoms with Crippen molar-refractivity contribution in [1.29, 1.82) is 0 Å². The molecule has 1 aromatic heterocycles. The van der Waals surface area contributed by atoms with Gasteiger partial charge in [-0.3, -0.25) is 4.21 Å². The van der Waals surface area contributed by atoms with E-state index < -0.39 is 10.8 Å². The lowest BCUT2D eigenvalue weighted by molar-refractivity contribution is 0.268. The summed E-state index contributed by atoms with van der Waals surface area (Å²) in [5.41, 5.74) is 0.824. The number of aliphatic hydroxyl groups excluding tert-OH is 1. The average Bonchev–Trinajstić information content (AvgIpc) is 2.61. The van der Waals surface area contributed by atoms with Crippen molar-refractivity contribution in [2.75, 3.05) is 25.2 Å². The number of nitrogens with zero attached hydrogens (tertiary/aromatic N) is 3. The number of rotatable bonds is 7. The molecule has 2 N–H and O–H groups in total. The zero-order valence-electron chi connectivity index (χ0n) is 8.72. The van der Waals surface area contributed by atoms with Crippen LogP contribution in [0.1, 0.15) is 5.69 Å². The van der Waals surface area contributed by atoms with Crippen molar-refractivity contribution in [3.63, 3.8) is 0 Å². The van der Waals surface area contributed by atoms with Crippen molar-refractivity contribution in [2.45, 2.75) is 13.1 Å². The maximum atomic E-state index is 10.8. The Kier molecular flexibility index (Phi) is 5.44. The van der Waals surface area contributed by atoms with E-state index in [4.69, 9.17) is 5.11 Å². The van der Waals surface area contributed by atoms with Crippen LogP contribution in [-0.2, 0) is 23.9 Å². The molecule has 0 fully saturated rings. The molecule has 1 aromatic rings. The smallest absolute Gasteiger partial charge is 0.0964 e. The summed E-state index contributed by atoms with van der Waals surface area (Å²) in [5.74, 6) is 0.644. The van der Waals surface area contributed by atoms with Crippen LogP contribution < -0.4 is 5.32 Å². The lowest BCUT2D eigenvalue weighted by Gasteiger charge is -1.99.